The number of nitrogens with one attached hydrogen (secondary N) is 1. The fourth-order valence-corrected chi connectivity index (χ4v) is 1.31. The van der Waals surface area contributed by atoms with Crippen molar-refractivity contribution in [2.75, 3.05) is 6.54 Å². The smallest absolute Gasteiger partial charge is 0.320 e. The summed E-state index contributed by atoms with van der Waals surface area (Å²) < 4.78 is 0. The molecule has 0 saturated heterocycles. The van der Waals surface area contributed by atoms with Crippen molar-refractivity contribution >= 4 is 5.97 Å². The number of carboxylic acid groups (broad SMARTS) is 1. The fourth-order valence-electron chi connectivity index (χ4n) is 1.31. The molecule has 0 saturated carbocycles. The van der Waals surface area contributed by atoms with Crippen LogP contribution in [0.4, 0.5) is 0 Å². The van der Waals surface area contributed by atoms with Crippen molar-refractivity contribution in [3.05, 3.63) is 0 Å². The summed E-state index contributed by atoms with van der Waals surface area (Å²) in [6.07, 6.45) is 2.73. The van der Waals surface area contributed by atoms with Crippen molar-refractivity contribution in [2.45, 2.75) is 59.9 Å². The van der Waals surface area contributed by atoms with Crippen LogP contribution in [0.5, 0.6) is 0 Å². The van der Waals surface area contributed by atoms with Crippen molar-refractivity contribution < 1.29 is 9.90 Å². The highest BCUT2D eigenvalue weighted by Crippen LogP contribution is 2.25. The van der Waals surface area contributed by atoms with Crippen molar-refractivity contribution in [1.82, 2.24) is 5.32 Å². The van der Waals surface area contributed by atoms with Gasteiger partial charge >= 0.3 is 5.97 Å². The lowest BCUT2D eigenvalue weighted by atomic mass is 9.81. The van der Waals surface area contributed by atoms with Crippen LogP contribution in [0.2, 0.25) is 0 Å². The summed E-state index contributed by atoms with van der Waals surface area (Å²) in [7, 11) is 0. The normalized spacial score (nSPS) is 14.1. The van der Waals surface area contributed by atoms with Gasteiger partial charge in [-0.05, 0) is 17.8 Å². The van der Waals surface area contributed by atoms with Crippen LogP contribution < -0.4 is 5.32 Å². The van der Waals surface area contributed by atoms with Crippen LogP contribution in [0, 0.1) is 11.3 Å². The van der Waals surface area contributed by atoms with Crippen LogP contribution in [-0.4, -0.2) is 23.7 Å². The summed E-state index contributed by atoms with van der Waals surface area (Å²) >= 11 is 0. The van der Waals surface area contributed by atoms with Crippen LogP contribution in [0.1, 0.15) is 53.9 Å². The van der Waals surface area contributed by atoms with Crippen molar-refractivity contribution in [3.63, 3.8) is 0 Å². The van der Waals surface area contributed by atoms with E-state index in [4.69, 9.17) is 5.11 Å². The minimum atomic E-state index is -0.729. The average molecular weight is 229 g/mol. The Morgan fingerprint density at radius 2 is 1.94 bits per heavy atom. The quantitative estimate of drug-likeness (QED) is 0.673. The zero-order valence-corrected chi connectivity index (χ0v) is 11.3. The first-order valence-electron chi connectivity index (χ1n) is 6.27. The maximum Gasteiger partial charge on any atom is 0.320 e. The molecule has 0 aliphatic carbocycles. The first kappa shape index (κ1) is 15.4. The monoisotopic (exact) mass is 229 g/mol. The SMILES string of the molecule is CCCCC(NCC(C)(C)C(C)C)C(=O)O. The molecule has 0 radical (unpaired) electrons. The van der Waals surface area contributed by atoms with Gasteiger partial charge in [-0.3, -0.25) is 4.79 Å². The molecular weight excluding hydrogens is 202 g/mol. The first-order chi connectivity index (χ1) is 7.31. The molecule has 1 unspecified atom stereocenters. The van der Waals surface area contributed by atoms with Crippen molar-refractivity contribution in [2.24, 2.45) is 11.3 Å². The third-order valence-corrected chi connectivity index (χ3v) is 3.51. The molecular formula is C13H27NO2. The maximum atomic E-state index is 11.0. The second-order valence-corrected chi connectivity index (χ2v) is 5.56. The summed E-state index contributed by atoms with van der Waals surface area (Å²) in [6, 6.07) is -0.391. The van der Waals surface area contributed by atoms with E-state index in [-0.39, 0.29) is 5.41 Å². The van der Waals surface area contributed by atoms with Gasteiger partial charge in [0.05, 0.1) is 0 Å². The molecule has 0 aromatic heterocycles. The largest absolute Gasteiger partial charge is 0.480 e. The third-order valence-electron chi connectivity index (χ3n) is 3.51. The molecule has 0 rings (SSSR count). The third kappa shape index (κ3) is 5.50. The van der Waals surface area contributed by atoms with E-state index < -0.39 is 12.0 Å². The number of hydrogen-bond donors (Lipinski definition) is 2. The summed E-state index contributed by atoms with van der Waals surface area (Å²) in [5, 5.41) is 12.2. The molecule has 0 bridgehead atoms. The standard InChI is InChI=1S/C13H27NO2/c1-6-7-8-11(12(15)16)14-9-13(4,5)10(2)3/h10-11,14H,6-9H2,1-5H3,(H,15,16). The first-order valence-corrected chi connectivity index (χ1v) is 6.27. The zero-order valence-electron chi connectivity index (χ0n) is 11.3. The van der Waals surface area contributed by atoms with Gasteiger partial charge in [-0.25, -0.2) is 0 Å². The topological polar surface area (TPSA) is 49.3 Å². The molecule has 2 N–H and O–H groups in total. The molecule has 96 valence electrons. The van der Waals surface area contributed by atoms with E-state index in [0.717, 1.165) is 25.8 Å². The highest BCUT2D eigenvalue weighted by molar-refractivity contribution is 5.73. The number of carbonyl (C=O) groups is 1. The van der Waals surface area contributed by atoms with Gasteiger partial charge in [-0.1, -0.05) is 47.5 Å². The van der Waals surface area contributed by atoms with Gasteiger partial charge in [0.2, 0.25) is 0 Å². The Morgan fingerprint density at radius 3 is 2.31 bits per heavy atom. The second kappa shape index (κ2) is 6.89. The lowest BCUT2D eigenvalue weighted by Crippen LogP contribution is -2.43. The van der Waals surface area contributed by atoms with Crippen LogP contribution in [0.15, 0.2) is 0 Å². The number of unbranched alkanes of at least 4 members (excludes halogenated alkanes) is 1. The van der Waals surface area contributed by atoms with Crippen molar-refractivity contribution in [1.29, 1.82) is 0 Å². The van der Waals surface area contributed by atoms with Crippen LogP contribution in [0.25, 0.3) is 0 Å². The predicted octanol–water partition coefficient (Wildman–Crippen LogP) is 2.90. The van der Waals surface area contributed by atoms with Gasteiger partial charge in [-0.15, -0.1) is 0 Å². The predicted molar refractivity (Wildman–Crippen MR) is 67.6 cm³/mol. The minimum absolute atomic E-state index is 0.139. The Labute approximate surface area is 99.6 Å². The molecule has 0 aromatic rings. The molecule has 16 heavy (non-hydrogen) atoms. The lowest BCUT2D eigenvalue weighted by molar-refractivity contribution is -0.139. The number of carboxylic acids is 1. The molecule has 0 heterocycles. The lowest BCUT2D eigenvalue weighted by Gasteiger charge is -2.31. The second-order valence-electron chi connectivity index (χ2n) is 5.56. The zero-order chi connectivity index (χ0) is 12.8. The van der Waals surface area contributed by atoms with E-state index in [2.05, 4.69) is 39.9 Å². The fraction of sp³-hybridized carbons (Fsp3) is 0.923. The molecule has 0 aliphatic heterocycles. The van der Waals surface area contributed by atoms with Gasteiger partial charge in [0, 0.05) is 6.54 Å². The minimum Gasteiger partial charge on any atom is -0.480 e. The summed E-state index contributed by atoms with van der Waals surface area (Å²) in [5.74, 6) is -0.186. The summed E-state index contributed by atoms with van der Waals surface area (Å²) in [6.45, 7) is 11.5. The number of aliphatic carboxylic acids is 1. The van der Waals surface area contributed by atoms with Gasteiger partial charge in [0.15, 0.2) is 0 Å². The highest BCUT2D eigenvalue weighted by atomic mass is 16.4. The highest BCUT2D eigenvalue weighted by Gasteiger charge is 2.25. The van der Waals surface area contributed by atoms with Gasteiger partial charge in [0.25, 0.3) is 0 Å². The van der Waals surface area contributed by atoms with Crippen LogP contribution in [0.3, 0.4) is 0 Å². The van der Waals surface area contributed by atoms with E-state index in [1.54, 1.807) is 0 Å². The van der Waals surface area contributed by atoms with E-state index in [1.165, 1.54) is 0 Å². The number of rotatable bonds is 8. The maximum absolute atomic E-state index is 11.0. The Hall–Kier alpha value is -0.570. The van der Waals surface area contributed by atoms with E-state index in [1.807, 2.05) is 0 Å². The molecule has 0 spiro atoms. The molecule has 0 aromatic carbocycles. The molecule has 0 fully saturated rings. The van der Waals surface area contributed by atoms with Crippen LogP contribution >= 0.6 is 0 Å². The molecule has 0 amide bonds. The number of hydrogen-bond acceptors (Lipinski definition) is 2. The van der Waals surface area contributed by atoms with Gasteiger partial charge in [0.1, 0.15) is 6.04 Å². The summed E-state index contributed by atoms with van der Waals surface area (Å²) in [5.41, 5.74) is 0.139. The molecule has 0 aliphatic rings. The molecule has 1 atom stereocenters. The van der Waals surface area contributed by atoms with Crippen LogP contribution in [-0.2, 0) is 4.79 Å². The molecule has 3 heteroatoms. The average Bonchev–Trinajstić information content (AvgIpc) is 2.16. The van der Waals surface area contributed by atoms with Gasteiger partial charge in [-0.2, -0.15) is 0 Å². The van der Waals surface area contributed by atoms with E-state index in [9.17, 15) is 4.79 Å². The summed E-state index contributed by atoms with van der Waals surface area (Å²) in [4.78, 5) is 11.0. The van der Waals surface area contributed by atoms with Crippen molar-refractivity contribution in [3.8, 4) is 0 Å². The Kier molecular flexibility index (Phi) is 6.65. The van der Waals surface area contributed by atoms with E-state index >= 15 is 0 Å². The van der Waals surface area contributed by atoms with E-state index in [0.29, 0.717) is 5.92 Å². The Bertz CT molecular complexity index is 212. The Morgan fingerprint density at radius 1 is 1.38 bits per heavy atom. The molecule has 3 nitrogen and oxygen atoms in total. The van der Waals surface area contributed by atoms with Gasteiger partial charge < -0.3 is 10.4 Å². The Balaban J connectivity index is 4.16.